The molecule has 1 atom stereocenters. The van der Waals surface area contributed by atoms with Gasteiger partial charge in [0.25, 0.3) is 5.91 Å². The van der Waals surface area contributed by atoms with Gasteiger partial charge in [-0.2, -0.15) is 0 Å². The molecule has 3 aromatic carbocycles. The smallest absolute Gasteiger partial charge is 0.261 e. The number of benzene rings is 3. The van der Waals surface area contributed by atoms with Crippen molar-refractivity contribution in [2.75, 3.05) is 0 Å². The maximum absolute atomic E-state index is 12.4. The van der Waals surface area contributed by atoms with Gasteiger partial charge in [-0.25, -0.2) is 4.98 Å². The van der Waals surface area contributed by atoms with E-state index in [0.717, 1.165) is 33.4 Å². The second-order valence-corrected chi connectivity index (χ2v) is 7.17. The monoisotopic (exact) mass is 397 g/mol. The number of carbonyl (C=O) groups is 1. The molecule has 0 saturated carbocycles. The first-order valence-electron chi connectivity index (χ1n) is 9.91. The van der Waals surface area contributed by atoms with Gasteiger partial charge in [-0.05, 0) is 61.4 Å². The molecule has 4 rings (SSSR count). The summed E-state index contributed by atoms with van der Waals surface area (Å²) in [4.78, 5) is 21.5. The molecule has 0 radical (unpaired) electrons. The highest BCUT2D eigenvalue weighted by atomic mass is 16.5. The lowest BCUT2D eigenvalue weighted by Crippen LogP contribution is -2.36. The number of nitrogens with one attached hydrogen (secondary N) is 1. The van der Waals surface area contributed by atoms with Gasteiger partial charge in [-0.1, -0.05) is 36.4 Å². The third kappa shape index (κ3) is 4.46. The molecule has 1 amide bonds. The van der Waals surface area contributed by atoms with Crippen LogP contribution in [-0.4, -0.2) is 22.0 Å². The molecule has 1 heterocycles. The molecule has 5 nitrogen and oxygen atoms in total. The van der Waals surface area contributed by atoms with E-state index in [1.807, 2.05) is 79.7 Å². The van der Waals surface area contributed by atoms with Gasteiger partial charge in [-0.3, -0.25) is 9.78 Å². The van der Waals surface area contributed by atoms with Gasteiger partial charge in [0.2, 0.25) is 0 Å². The minimum atomic E-state index is -0.597. The predicted octanol–water partition coefficient (Wildman–Crippen LogP) is 4.69. The van der Waals surface area contributed by atoms with Gasteiger partial charge in [0.1, 0.15) is 5.75 Å². The highest BCUT2D eigenvalue weighted by Crippen LogP contribution is 2.22. The number of hydrogen-bond acceptors (Lipinski definition) is 4. The molecule has 0 unspecified atom stereocenters. The number of hydrogen-bond donors (Lipinski definition) is 1. The SMILES string of the molecule is Cc1ccccc1CNC(=O)[C@H](C)Oc1ccc(-c2cnc3ccccc3n2)cc1. The van der Waals surface area contributed by atoms with Crippen LogP contribution in [0.2, 0.25) is 0 Å². The van der Waals surface area contributed by atoms with E-state index in [1.54, 1.807) is 13.1 Å². The van der Waals surface area contributed by atoms with E-state index in [4.69, 9.17) is 4.74 Å². The zero-order chi connectivity index (χ0) is 20.9. The Morgan fingerprint density at radius 1 is 0.967 bits per heavy atom. The molecule has 5 heteroatoms. The molecule has 0 aliphatic carbocycles. The van der Waals surface area contributed by atoms with E-state index in [9.17, 15) is 4.79 Å². The van der Waals surface area contributed by atoms with Gasteiger partial charge in [0, 0.05) is 12.1 Å². The Bertz CT molecular complexity index is 1170. The molecular formula is C25H23N3O2. The van der Waals surface area contributed by atoms with E-state index in [2.05, 4.69) is 15.3 Å². The summed E-state index contributed by atoms with van der Waals surface area (Å²) in [6, 6.07) is 23.3. The minimum Gasteiger partial charge on any atom is -0.481 e. The fraction of sp³-hybridized carbons (Fsp3) is 0.160. The standard InChI is InChI=1S/C25H23N3O2/c1-17-7-3-4-8-20(17)15-27-25(29)18(2)30-21-13-11-19(12-14-21)24-16-26-22-9-5-6-10-23(22)28-24/h3-14,16,18H,15H2,1-2H3,(H,27,29)/t18-/m0/s1. The Balaban J connectivity index is 1.38. The number of amides is 1. The highest BCUT2D eigenvalue weighted by molar-refractivity contribution is 5.80. The lowest BCUT2D eigenvalue weighted by Gasteiger charge is -2.15. The third-order valence-corrected chi connectivity index (χ3v) is 5.00. The molecular weight excluding hydrogens is 374 g/mol. The number of rotatable bonds is 6. The number of fused-ring (bicyclic) bond motifs is 1. The van der Waals surface area contributed by atoms with Crippen molar-refractivity contribution in [2.45, 2.75) is 26.5 Å². The summed E-state index contributed by atoms with van der Waals surface area (Å²) >= 11 is 0. The van der Waals surface area contributed by atoms with Crippen LogP contribution in [0, 0.1) is 6.92 Å². The lowest BCUT2D eigenvalue weighted by atomic mass is 10.1. The van der Waals surface area contributed by atoms with Gasteiger partial charge < -0.3 is 10.1 Å². The van der Waals surface area contributed by atoms with Gasteiger partial charge in [-0.15, -0.1) is 0 Å². The van der Waals surface area contributed by atoms with Crippen LogP contribution >= 0.6 is 0 Å². The van der Waals surface area contributed by atoms with Gasteiger partial charge in [0.05, 0.1) is 22.9 Å². The summed E-state index contributed by atoms with van der Waals surface area (Å²) in [6.07, 6.45) is 1.17. The zero-order valence-corrected chi connectivity index (χ0v) is 17.0. The first-order chi connectivity index (χ1) is 14.6. The quantitative estimate of drug-likeness (QED) is 0.513. The first-order valence-corrected chi connectivity index (χ1v) is 9.91. The molecule has 4 aromatic rings. The van der Waals surface area contributed by atoms with Crippen molar-refractivity contribution in [2.24, 2.45) is 0 Å². The molecule has 150 valence electrons. The Morgan fingerprint density at radius 3 is 2.43 bits per heavy atom. The van der Waals surface area contributed by atoms with Crippen LogP contribution in [0.4, 0.5) is 0 Å². The Kier molecular flexibility index (Phi) is 5.70. The summed E-state index contributed by atoms with van der Waals surface area (Å²) in [5.74, 6) is 0.480. The van der Waals surface area contributed by atoms with Crippen LogP contribution in [0.1, 0.15) is 18.1 Å². The van der Waals surface area contributed by atoms with Crippen molar-refractivity contribution >= 4 is 16.9 Å². The summed E-state index contributed by atoms with van der Waals surface area (Å²) in [5.41, 5.74) is 5.71. The van der Waals surface area contributed by atoms with E-state index < -0.39 is 6.10 Å². The Hall–Kier alpha value is -3.73. The minimum absolute atomic E-state index is 0.150. The van der Waals surface area contributed by atoms with Gasteiger partial charge >= 0.3 is 0 Å². The molecule has 0 fully saturated rings. The van der Waals surface area contributed by atoms with E-state index in [1.165, 1.54) is 0 Å². The average molecular weight is 397 g/mol. The molecule has 0 saturated heterocycles. The number of aryl methyl sites for hydroxylation is 1. The van der Waals surface area contributed by atoms with E-state index in [0.29, 0.717) is 12.3 Å². The molecule has 0 bridgehead atoms. The van der Waals surface area contributed by atoms with Crippen LogP contribution in [0.25, 0.3) is 22.3 Å². The van der Waals surface area contributed by atoms with Gasteiger partial charge in [0.15, 0.2) is 6.10 Å². The van der Waals surface area contributed by atoms with Crippen LogP contribution in [0.15, 0.2) is 79.0 Å². The van der Waals surface area contributed by atoms with Crippen LogP contribution < -0.4 is 10.1 Å². The van der Waals surface area contributed by atoms with Crippen molar-refractivity contribution in [3.05, 3.63) is 90.1 Å². The fourth-order valence-corrected chi connectivity index (χ4v) is 3.19. The van der Waals surface area contributed by atoms with Crippen molar-refractivity contribution < 1.29 is 9.53 Å². The van der Waals surface area contributed by atoms with E-state index >= 15 is 0 Å². The molecule has 0 aliphatic rings. The zero-order valence-electron chi connectivity index (χ0n) is 17.0. The van der Waals surface area contributed by atoms with Crippen molar-refractivity contribution in [3.63, 3.8) is 0 Å². The largest absolute Gasteiger partial charge is 0.481 e. The average Bonchev–Trinajstić information content (AvgIpc) is 2.78. The number of carbonyl (C=O) groups excluding carboxylic acids is 1. The number of nitrogens with zero attached hydrogens (tertiary/aromatic N) is 2. The van der Waals surface area contributed by atoms with Crippen molar-refractivity contribution in [1.29, 1.82) is 0 Å². The predicted molar refractivity (Wildman–Crippen MR) is 118 cm³/mol. The molecule has 0 aliphatic heterocycles. The maximum Gasteiger partial charge on any atom is 0.261 e. The van der Waals surface area contributed by atoms with Crippen LogP contribution in [0.3, 0.4) is 0 Å². The normalized spacial score (nSPS) is 11.8. The summed E-state index contributed by atoms with van der Waals surface area (Å²) in [7, 11) is 0. The molecule has 30 heavy (non-hydrogen) atoms. The lowest BCUT2D eigenvalue weighted by molar-refractivity contribution is -0.127. The highest BCUT2D eigenvalue weighted by Gasteiger charge is 2.15. The van der Waals surface area contributed by atoms with Crippen LogP contribution in [0.5, 0.6) is 5.75 Å². The molecule has 1 N–H and O–H groups in total. The van der Waals surface area contributed by atoms with Crippen molar-refractivity contribution in [1.82, 2.24) is 15.3 Å². The number of ether oxygens (including phenoxy) is 1. The second kappa shape index (κ2) is 8.74. The number of aromatic nitrogens is 2. The van der Waals surface area contributed by atoms with Crippen LogP contribution in [-0.2, 0) is 11.3 Å². The van der Waals surface area contributed by atoms with E-state index in [-0.39, 0.29) is 5.91 Å². The first kappa shape index (κ1) is 19.6. The molecule has 1 aromatic heterocycles. The molecule has 0 spiro atoms. The summed E-state index contributed by atoms with van der Waals surface area (Å²) in [5, 5.41) is 2.93. The maximum atomic E-state index is 12.4. The Morgan fingerprint density at radius 2 is 1.67 bits per heavy atom. The summed E-state index contributed by atoms with van der Waals surface area (Å²) < 4.78 is 5.81. The topological polar surface area (TPSA) is 64.1 Å². The third-order valence-electron chi connectivity index (χ3n) is 5.00. The Labute approximate surface area is 175 Å². The second-order valence-electron chi connectivity index (χ2n) is 7.17. The fourth-order valence-electron chi connectivity index (χ4n) is 3.19. The number of para-hydroxylation sites is 2. The summed E-state index contributed by atoms with van der Waals surface area (Å²) in [6.45, 7) is 4.26. The van der Waals surface area contributed by atoms with Crippen molar-refractivity contribution in [3.8, 4) is 17.0 Å².